The number of aryl methyl sites for hydroxylation is 2. The summed E-state index contributed by atoms with van der Waals surface area (Å²) in [6, 6.07) is 2.67. The molecule has 0 amide bonds. The summed E-state index contributed by atoms with van der Waals surface area (Å²) in [5.74, 6) is -0.324. The van der Waals surface area contributed by atoms with Crippen molar-refractivity contribution in [3.8, 4) is 5.75 Å². The van der Waals surface area contributed by atoms with Crippen LogP contribution in [0.4, 0.5) is 13.2 Å². The average Bonchev–Trinajstić information content (AvgIpc) is 1.97. The Kier molecular flexibility index (Phi) is 2.99. The molecule has 0 saturated carbocycles. The van der Waals surface area contributed by atoms with Crippen LogP contribution in [0.2, 0.25) is 0 Å². The first-order valence-corrected chi connectivity index (χ1v) is 4.67. The Balaban J connectivity index is 3.04. The molecule has 1 rings (SSSR count). The van der Waals surface area contributed by atoms with Crippen molar-refractivity contribution in [3.63, 3.8) is 0 Å². The molecule has 0 aliphatic carbocycles. The Morgan fingerprint density at radius 3 is 2.14 bits per heavy atom. The molecular weight excluding hydrogens is 213 g/mol. The number of alkyl halides is 3. The smallest absolute Gasteiger partial charge is 0.446 e. The van der Waals surface area contributed by atoms with Crippen LogP contribution in [0.3, 0.4) is 0 Å². The second-order valence-electron chi connectivity index (χ2n) is 2.95. The standard InChI is InChI=1S/C9H9F3OS/c1-5-3-7(13)8(4-6(5)2)14-9(10,11)12/h3-4,13H,1-2H3. The molecule has 1 aromatic carbocycles. The Morgan fingerprint density at radius 2 is 1.64 bits per heavy atom. The average molecular weight is 222 g/mol. The first-order chi connectivity index (χ1) is 6.29. The van der Waals surface area contributed by atoms with Crippen molar-refractivity contribution in [1.29, 1.82) is 0 Å². The third kappa shape index (κ3) is 2.83. The minimum atomic E-state index is -4.36. The molecule has 0 aliphatic heterocycles. The Labute approximate surface area is 83.9 Å². The fourth-order valence-corrected chi connectivity index (χ4v) is 1.63. The molecule has 0 saturated heterocycles. The largest absolute Gasteiger partial charge is 0.507 e. The van der Waals surface area contributed by atoms with Crippen molar-refractivity contribution < 1.29 is 18.3 Å². The lowest BCUT2D eigenvalue weighted by Crippen LogP contribution is -1.99. The number of rotatable bonds is 1. The van der Waals surface area contributed by atoms with Gasteiger partial charge in [0.15, 0.2) is 0 Å². The number of phenols is 1. The zero-order chi connectivity index (χ0) is 10.9. The molecule has 0 unspecified atom stereocenters. The first-order valence-electron chi connectivity index (χ1n) is 3.85. The number of benzene rings is 1. The molecule has 1 nitrogen and oxygen atoms in total. The normalized spacial score (nSPS) is 11.8. The maximum atomic E-state index is 12.0. The number of aromatic hydroxyl groups is 1. The summed E-state index contributed by atoms with van der Waals surface area (Å²) in [4.78, 5) is -0.152. The fraction of sp³-hybridized carbons (Fsp3) is 0.333. The van der Waals surface area contributed by atoms with Gasteiger partial charge in [0.05, 0.1) is 4.90 Å². The molecule has 1 aromatic rings. The van der Waals surface area contributed by atoms with Crippen molar-refractivity contribution in [1.82, 2.24) is 0 Å². The highest BCUT2D eigenvalue weighted by Crippen LogP contribution is 2.41. The van der Waals surface area contributed by atoms with Gasteiger partial charge in [-0.15, -0.1) is 0 Å². The van der Waals surface area contributed by atoms with Crippen molar-refractivity contribution in [2.75, 3.05) is 0 Å². The first kappa shape index (κ1) is 11.2. The molecular formula is C9H9F3OS. The van der Waals surface area contributed by atoms with E-state index < -0.39 is 5.51 Å². The Bertz CT molecular complexity index is 347. The SMILES string of the molecule is Cc1cc(O)c(SC(F)(F)F)cc1C. The highest BCUT2D eigenvalue weighted by molar-refractivity contribution is 8.00. The number of hydrogen-bond donors (Lipinski definition) is 1. The van der Waals surface area contributed by atoms with Crippen LogP contribution in [0.5, 0.6) is 5.75 Å². The van der Waals surface area contributed by atoms with Crippen LogP contribution in [0, 0.1) is 13.8 Å². The molecule has 0 bridgehead atoms. The molecule has 1 N–H and O–H groups in total. The highest BCUT2D eigenvalue weighted by atomic mass is 32.2. The predicted molar refractivity (Wildman–Crippen MR) is 49.5 cm³/mol. The maximum absolute atomic E-state index is 12.0. The van der Waals surface area contributed by atoms with Gasteiger partial charge in [-0.1, -0.05) is 0 Å². The summed E-state index contributed by atoms with van der Waals surface area (Å²) in [5, 5.41) is 9.26. The summed E-state index contributed by atoms with van der Waals surface area (Å²) in [7, 11) is 0. The monoisotopic (exact) mass is 222 g/mol. The van der Waals surface area contributed by atoms with Crippen LogP contribution in [-0.2, 0) is 0 Å². The van der Waals surface area contributed by atoms with Crippen LogP contribution in [-0.4, -0.2) is 10.6 Å². The number of phenolic OH excluding ortho intramolecular Hbond substituents is 1. The molecule has 0 fully saturated rings. The topological polar surface area (TPSA) is 20.2 Å². The van der Waals surface area contributed by atoms with Crippen molar-refractivity contribution in [2.24, 2.45) is 0 Å². The van der Waals surface area contributed by atoms with Gasteiger partial charge in [0.1, 0.15) is 5.75 Å². The molecule has 0 atom stereocenters. The summed E-state index contributed by atoms with van der Waals surface area (Å²) in [6.07, 6.45) is 0. The van der Waals surface area contributed by atoms with Crippen LogP contribution < -0.4 is 0 Å². The van der Waals surface area contributed by atoms with Gasteiger partial charge in [0.25, 0.3) is 0 Å². The van der Waals surface area contributed by atoms with Crippen LogP contribution in [0.25, 0.3) is 0 Å². The van der Waals surface area contributed by atoms with Gasteiger partial charge in [-0.3, -0.25) is 0 Å². The molecule has 0 heterocycles. The number of halogens is 3. The van der Waals surface area contributed by atoms with Crippen LogP contribution >= 0.6 is 11.8 Å². The molecule has 0 radical (unpaired) electrons. The van der Waals surface area contributed by atoms with Gasteiger partial charge in [-0.2, -0.15) is 13.2 Å². The van der Waals surface area contributed by atoms with Gasteiger partial charge >= 0.3 is 5.51 Å². The van der Waals surface area contributed by atoms with E-state index in [-0.39, 0.29) is 22.4 Å². The summed E-state index contributed by atoms with van der Waals surface area (Å²) < 4.78 is 36.0. The van der Waals surface area contributed by atoms with Gasteiger partial charge in [0.2, 0.25) is 0 Å². The summed E-state index contributed by atoms with van der Waals surface area (Å²) in [5.41, 5.74) is -2.86. The van der Waals surface area contributed by atoms with Crippen molar-refractivity contribution in [2.45, 2.75) is 24.3 Å². The van der Waals surface area contributed by atoms with E-state index in [0.29, 0.717) is 0 Å². The molecule has 0 aromatic heterocycles. The molecule has 78 valence electrons. The second-order valence-corrected chi connectivity index (χ2v) is 4.06. The van der Waals surface area contributed by atoms with Gasteiger partial charge in [0, 0.05) is 0 Å². The second kappa shape index (κ2) is 3.73. The lowest BCUT2D eigenvalue weighted by atomic mass is 10.1. The zero-order valence-electron chi connectivity index (χ0n) is 7.64. The van der Waals surface area contributed by atoms with E-state index in [1.54, 1.807) is 13.8 Å². The summed E-state index contributed by atoms with van der Waals surface area (Å²) >= 11 is -0.300. The molecule has 0 aliphatic rings. The summed E-state index contributed by atoms with van der Waals surface area (Å²) in [6.45, 7) is 3.44. The zero-order valence-corrected chi connectivity index (χ0v) is 8.46. The quantitative estimate of drug-likeness (QED) is 0.732. The Hall–Kier alpha value is -0.840. The number of thioether (sulfide) groups is 1. The fourth-order valence-electron chi connectivity index (χ4n) is 0.981. The van der Waals surface area contributed by atoms with Crippen molar-refractivity contribution >= 4 is 11.8 Å². The van der Waals surface area contributed by atoms with Gasteiger partial charge < -0.3 is 5.11 Å². The molecule has 0 spiro atoms. The van der Waals surface area contributed by atoms with E-state index in [2.05, 4.69) is 0 Å². The van der Waals surface area contributed by atoms with Crippen LogP contribution in [0.15, 0.2) is 17.0 Å². The predicted octanol–water partition coefficient (Wildman–Crippen LogP) is 3.62. The third-order valence-electron chi connectivity index (χ3n) is 1.80. The van der Waals surface area contributed by atoms with Gasteiger partial charge in [-0.05, 0) is 48.9 Å². The third-order valence-corrected chi connectivity index (χ3v) is 2.58. The maximum Gasteiger partial charge on any atom is 0.446 e. The Morgan fingerprint density at radius 1 is 1.14 bits per heavy atom. The molecule has 5 heteroatoms. The van der Waals surface area contributed by atoms with E-state index in [9.17, 15) is 18.3 Å². The highest BCUT2D eigenvalue weighted by Gasteiger charge is 2.30. The minimum Gasteiger partial charge on any atom is -0.507 e. The van der Waals surface area contributed by atoms with E-state index >= 15 is 0 Å². The van der Waals surface area contributed by atoms with E-state index in [1.807, 2.05) is 0 Å². The lowest BCUT2D eigenvalue weighted by molar-refractivity contribution is -0.0329. The number of hydrogen-bond acceptors (Lipinski definition) is 2. The van der Waals surface area contributed by atoms with E-state index in [4.69, 9.17) is 0 Å². The van der Waals surface area contributed by atoms with Crippen molar-refractivity contribution in [3.05, 3.63) is 23.3 Å². The van der Waals surface area contributed by atoms with E-state index in [1.165, 1.54) is 12.1 Å². The minimum absolute atomic E-state index is 0.152. The van der Waals surface area contributed by atoms with E-state index in [0.717, 1.165) is 11.1 Å². The van der Waals surface area contributed by atoms with Gasteiger partial charge in [-0.25, -0.2) is 0 Å². The molecule has 14 heavy (non-hydrogen) atoms. The van der Waals surface area contributed by atoms with Crippen LogP contribution in [0.1, 0.15) is 11.1 Å². The lowest BCUT2D eigenvalue weighted by Gasteiger charge is -2.09.